The largest absolute Gasteiger partial charge is 0.573 e. The summed E-state index contributed by atoms with van der Waals surface area (Å²) in [6, 6.07) is 10.1. The zero-order valence-electron chi connectivity index (χ0n) is 15.2. The number of halogens is 3. The molecule has 0 fully saturated rings. The lowest BCUT2D eigenvalue weighted by atomic mass is 10.1. The van der Waals surface area contributed by atoms with Crippen molar-refractivity contribution in [3.05, 3.63) is 48.0 Å². The van der Waals surface area contributed by atoms with Crippen molar-refractivity contribution in [1.29, 1.82) is 0 Å². The van der Waals surface area contributed by atoms with Crippen molar-refractivity contribution in [2.75, 3.05) is 19.2 Å². The van der Waals surface area contributed by atoms with Crippen LogP contribution in [-0.2, 0) is 11.3 Å². The van der Waals surface area contributed by atoms with Crippen LogP contribution < -0.4 is 19.5 Å². The van der Waals surface area contributed by atoms with Crippen molar-refractivity contribution in [3.8, 4) is 17.2 Å². The third kappa shape index (κ3) is 5.07. The Labute approximate surface area is 159 Å². The first kappa shape index (κ1) is 19.8. The molecule has 0 spiro atoms. The average molecular weight is 396 g/mol. The fourth-order valence-electron chi connectivity index (χ4n) is 2.65. The van der Waals surface area contributed by atoms with E-state index < -0.39 is 12.4 Å². The zero-order chi connectivity index (χ0) is 20.3. The number of carbonyl (C=O) groups excluding carboxylic acids is 1. The second-order valence-corrected chi connectivity index (χ2v) is 6.34. The van der Waals surface area contributed by atoms with Crippen molar-refractivity contribution < 1.29 is 32.2 Å². The van der Waals surface area contributed by atoms with Gasteiger partial charge in [0.2, 0.25) is 12.7 Å². The summed E-state index contributed by atoms with van der Waals surface area (Å²) < 4.78 is 51.0. The number of nitrogens with zero attached hydrogens (tertiary/aromatic N) is 1. The second-order valence-electron chi connectivity index (χ2n) is 6.34. The molecule has 0 bridgehead atoms. The fraction of sp³-hybridized carbons (Fsp3) is 0.316. The topological polar surface area (TPSA) is 60.0 Å². The molecule has 9 heteroatoms. The quantitative estimate of drug-likeness (QED) is 0.806. The number of rotatable bonds is 6. The SMILES string of the molecule is CC(C(=O)Nc1ccc(OC(F)(F)F)cc1)N(C)Cc1ccc2c(c1)OCO2. The first-order chi connectivity index (χ1) is 13.2. The lowest BCUT2D eigenvalue weighted by Crippen LogP contribution is -2.39. The van der Waals surface area contributed by atoms with E-state index in [0.717, 1.165) is 17.7 Å². The predicted octanol–water partition coefficient (Wildman–Crippen LogP) is 3.77. The molecule has 1 amide bonds. The third-order valence-corrected chi connectivity index (χ3v) is 4.26. The molecule has 1 heterocycles. The van der Waals surface area contributed by atoms with Crippen LogP contribution in [0, 0.1) is 0 Å². The number of ether oxygens (including phenoxy) is 3. The van der Waals surface area contributed by atoms with Gasteiger partial charge in [0.25, 0.3) is 0 Å². The maximum Gasteiger partial charge on any atom is 0.573 e. The van der Waals surface area contributed by atoms with Crippen LogP contribution in [0.1, 0.15) is 12.5 Å². The number of hydrogen-bond donors (Lipinski definition) is 1. The molecule has 3 rings (SSSR count). The van der Waals surface area contributed by atoms with Crippen LogP contribution in [-0.4, -0.2) is 37.1 Å². The molecule has 1 aliphatic heterocycles. The van der Waals surface area contributed by atoms with Gasteiger partial charge in [-0.3, -0.25) is 9.69 Å². The minimum Gasteiger partial charge on any atom is -0.454 e. The molecule has 6 nitrogen and oxygen atoms in total. The Morgan fingerprint density at radius 2 is 1.86 bits per heavy atom. The van der Waals surface area contributed by atoms with E-state index in [9.17, 15) is 18.0 Å². The molecule has 0 saturated heterocycles. The van der Waals surface area contributed by atoms with Gasteiger partial charge >= 0.3 is 6.36 Å². The van der Waals surface area contributed by atoms with Crippen LogP contribution in [0.5, 0.6) is 17.2 Å². The van der Waals surface area contributed by atoms with Gasteiger partial charge < -0.3 is 19.5 Å². The summed E-state index contributed by atoms with van der Waals surface area (Å²) >= 11 is 0. The molecule has 150 valence electrons. The van der Waals surface area contributed by atoms with Crippen molar-refractivity contribution in [2.24, 2.45) is 0 Å². The van der Waals surface area contributed by atoms with Crippen molar-refractivity contribution >= 4 is 11.6 Å². The highest BCUT2D eigenvalue weighted by molar-refractivity contribution is 5.94. The number of amides is 1. The molecule has 0 saturated carbocycles. The Morgan fingerprint density at radius 3 is 2.54 bits per heavy atom. The molecule has 2 aromatic rings. The number of fused-ring (bicyclic) bond motifs is 1. The lowest BCUT2D eigenvalue weighted by Gasteiger charge is -2.24. The molecule has 0 aliphatic carbocycles. The van der Waals surface area contributed by atoms with Gasteiger partial charge in [0.15, 0.2) is 11.5 Å². The molecule has 0 radical (unpaired) electrons. The summed E-state index contributed by atoms with van der Waals surface area (Å²) in [5.74, 6) is 0.727. The maximum atomic E-state index is 12.4. The Hall–Kier alpha value is -2.94. The van der Waals surface area contributed by atoms with Gasteiger partial charge in [-0.15, -0.1) is 13.2 Å². The van der Waals surface area contributed by atoms with E-state index in [0.29, 0.717) is 23.7 Å². The van der Waals surface area contributed by atoms with Crippen LogP contribution in [0.3, 0.4) is 0 Å². The van der Waals surface area contributed by atoms with Crippen LogP contribution in [0.2, 0.25) is 0 Å². The van der Waals surface area contributed by atoms with Crippen LogP contribution >= 0.6 is 0 Å². The van der Waals surface area contributed by atoms with Gasteiger partial charge in [-0.2, -0.15) is 0 Å². The molecule has 28 heavy (non-hydrogen) atoms. The minimum atomic E-state index is -4.75. The highest BCUT2D eigenvalue weighted by Gasteiger charge is 2.31. The van der Waals surface area contributed by atoms with E-state index in [2.05, 4.69) is 10.1 Å². The Bertz CT molecular complexity index is 840. The highest BCUT2D eigenvalue weighted by atomic mass is 19.4. The summed E-state index contributed by atoms with van der Waals surface area (Å²) in [4.78, 5) is 14.3. The van der Waals surface area contributed by atoms with Gasteiger partial charge in [-0.25, -0.2) is 0 Å². The minimum absolute atomic E-state index is 0.195. The molecule has 1 atom stereocenters. The molecular weight excluding hydrogens is 377 g/mol. The summed E-state index contributed by atoms with van der Waals surface area (Å²) in [6.45, 7) is 2.44. The van der Waals surface area contributed by atoms with Gasteiger partial charge in [0.05, 0.1) is 6.04 Å². The van der Waals surface area contributed by atoms with E-state index in [1.807, 2.05) is 23.1 Å². The van der Waals surface area contributed by atoms with Crippen molar-refractivity contribution in [2.45, 2.75) is 25.9 Å². The molecule has 2 aromatic carbocycles. The smallest absolute Gasteiger partial charge is 0.454 e. The number of carbonyl (C=O) groups is 1. The summed E-state index contributed by atoms with van der Waals surface area (Å²) in [6.07, 6.45) is -4.75. The molecular formula is C19H19F3N2O4. The Kier molecular flexibility index (Phi) is 5.64. The number of likely N-dealkylation sites (N-methyl/N-ethyl adjacent to an activating group) is 1. The highest BCUT2D eigenvalue weighted by Crippen LogP contribution is 2.32. The monoisotopic (exact) mass is 396 g/mol. The Balaban J connectivity index is 1.56. The van der Waals surface area contributed by atoms with E-state index in [-0.39, 0.29) is 18.4 Å². The first-order valence-electron chi connectivity index (χ1n) is 8.47. The third-order valence-electron chi connectivity index (χ3n) is 4.26. The molecule has 1 aliphatic rings. The van der Waals surface area contributed by atoms with Crippen LogP contribution in [0.15, 0.2) is 42.5 Å². The normalized spacial score (nSPS) is 14.1. The number of nitrogens with one attached hydrogen (secondary N) is 1. The van der Waals surface area contributed by atoms with Gasteiger partial charge in [-0.1, -0.05) is 6.07 Å². The van der Waals surface area contributed by atoms with Crippen molar-refractivity contribution in [3.63, 3.8) is 0 Å². The zero-order valence-corrected chi connectivity index (χ0v) is 15.2. The van der Waals surface area contributed by atoms with Gasteiger partial charge in [0.1, 0.15) is 5.75 Å². The van der Waals surface area contributed by atoms with Crippen LogP contribution in [0.25, 0.3) is 0 Å². The number of alkyl halides is 3. The van der Waals surface area contributed by atoms with E-state index >= 15 is 0 Å². The number of anilines is 1. The molecule has 0 aromatic heterocycles. The second kappa shape index (κ2) is 7.97. The molecule has 1 N–H and O–H groups in total. The summed E-state index contributed by atoms with van der Waals surface area (Å²) in [7, 11) is 1.80. The maximum absolute atomic E-state index is 12.4. The summed E-state index contributed by atoms with van der Waals surface area (Å²) in [5.41, 5.74) is 1.34. The number of benzene rings is 2. The van der Waals surface area contributed by atoms with Crippen LogP contribution in [0.4, 0.5) is 18.9 Å². The van der Waals surface area contributed by atoms with E-state index in [4.69, 9.17) is 9.47 Å². The Morgan fingerprint density at radius 1 is 1.18 bits per heavy atom. The summed E-state index contributed by atoms with van der Waals surface area (Å²) in [5, 5.41) is 2.68. The first-order valence-corrected chi connectivity index (χ1v) is 8.47. The standard InChI is InChI=1S/C19H19F3N2O4/c1-12(24(2)10-13-3-8-16-17(9-13)27-11-26-16)18(25)23-14-4-6-15(7-5-14)28-19(20,21)22/h3-9,12H,10-11H2,1-2H3,(H,23,25). The fourth-order valence-corrected chi connectivity index (χ4v) is 2.65. The van der Waals surface area contributed by atoms with Gasteiger partial charge in [0, 0.05) is 12.2 Å². The predicted molar refractivity (Wildman–Crippen MR) is 95.2 cm³/mol. The number of hydrogen-bond acceptors (Lipinski definition) is 5. The van der Waals surface area contributed by atoms with E-state index in [1.54, 1.807) is 14.0 Å². The lowest BCUT2D eigenvalue weighted by molar-refractivity contribution is -0.274. The average Bonchev–Trinajstić information content (AvgIpc) is 3.09. The molecule has 1 unspecified atom stereocenters. The van der Waals surface area contributed by atoms with Gasteiger partial charge in [-0.05, 0) is 55.9 Å². The van der Waals surface area contributed by atoms with Crippen molar-refractivity contribution in [1.82, 2.24) is 4.90 Å². The van der Waals surface area contributed by atoms with E-state index in [1.165, 1.54) is 12.1 Å².